The zero-order valence-corrected chi connectivity index (χ0v) is 14.7. The van der Waals surface area contributed by atoms with Crippen molar-refractivity contribution >= 4 is 10.2 Å². The minimum atomic E-state index is -3.35. The molecule has 0 aliphatic carbocycles. The molecule has 1 atom stereocenters. The molecule has 2 aromatic heterocycles. The van der Waals surface area contributed by atoms with Gasteiger partial charge in [-0.25, -0.2) is 15.0 Å². The molecule has 24 heavy (non-hydrogen) atoms. The summed E-state index contributed by atoms with van der Waals surface area (Å²) in [7, 11) is -0.213. The second-order valence-electron chi connectivity index (χ2n) is 6.19. The van der Waals surface area contributed by atoms with Crippen LogP contribution in [0, 0.1) is 5.92 Å². The van der Waals surface area contributed by atoms with Gasteiger partial charge in [0.25, 0.3) is 10.2 Å². The summed E-state index contributed by atoms with van der Waals surface area (Å²) in [5.41, 5.74) is 1.66. The van der Waals surface area contributed by atoms with Crippen molar-refractivity contribution in [2.45, 2.75) is 19.3 Å². The van der Waals surface area contributed by atoms with E-state index in [9.17, 15) is 8.42 Å². The van der Waals surface area contributed by atoms with Crippen molar-refractivity contribution in [2.75, 3.05) is 27.2 Å². The molecular formula is C15H22N6O2S. The molecule has 1 fully saturated rings. The molecule has 3 heterocycles. The maximum atomic E-state index is 12.3. The molecule has 0 unspecified atom stereocenters. The van der Waals surface area contributed by atoms with Gasteiger partial charge in [-0.1, -0.05) is 0 Å². The molecule has 9 heteroatoms. The number of piperidine rings is 1. The van der Waals surface area contributed by atoms with Gasteiger partial charge >= 0.3 is 0 Å². The molecule has 1 aliphatic rings. The lowest BCUT2D eigenvalue weighted by Gasteiger charge is -2.33. The Balaban J connectivity index is 1.71. The van der Waals surface area contributed by atoms with Crippen molar-refractivity contribution in [2.24, 2.45) is 5.92 Å². The zero-order chi connectivity index (χ0) is 17.2. The lowest BCUT2D eigenvalue weighted by atomic mass is 9.94. The van der Waals surface area contributed by atoms with Gasteiger partial charge in [0.2, 0.25) is 0 Å². The topological polar surface area (TPSA) is 95.1 Å². The molecular weight excluding hydrogens is 328 g/mol. The van der Waals surface area contributed by atoms with Crippen LogP contribution in [0.4, 0.5) is 0 Å². The molecule has 8 nitrogen and oxygen atoms in total. The predicted molar refractivity (Wildman–Crippen MR) is 90.2 cm³/mol. The van der Waals surface area contributed by atoms with Crippen LogP contribution in [-0.2, 0) is 16.6 Å². The Morgan fingerprint density at radius 2 is 2.17 bits per heavy atom. The van der Waals surface area contributed by atoms with Gasteiger partial charge in [-0.3, -0.25) is 0 Å². The van der Waals surface area contributed by atoms with E-state index in [2.05, 4.69) is 19.9 Å². The van der Waals surface area contributed by atoms with Crippen LogP contribution < -0.4 is 0 Å². The van der Waals surface area contributed by atoms with Crippen LogP contribution in [-0.4, -0.2) is 64.1 Å². The minimum absolute atomic E-state index is 0.257. The van der Waals surface area contributed by atoms with Crippen LogP contribution in [0.3, 0.4) is 0 Å². The van der Waals surface area contributed by atoms with Crippen LogP contribution >= 0.6 is 0 Å². The Bertz CT molecular complexity index is 775. The number of hydrogen-bond donors (Lipinski definition) is 1. The fourth-order valence-corrected chi connectivity index (χ4v) is 4.19. The van der Waals surface area contributed by atoms with Crippen molar-refractivity contribution in [3.63, 3.8) is 0 Å². The average molecular weight is 350 g/mol. The van der Waals surface area contributed by atoms with E-state index < -0.39 is 10.2 Å². The monoisotopic (exact) mass is 350 g/mol. The van der Waals surface area contributed by atoms with Gasteiger partial charge in [-0.2, -0.15) is 17.0 Å². The number of aromatic nitrogens is 4. The standard InChI is InChI=1S/C15H22N6O2S/c1-20(2)24(22,23)21-7-3-4-12(10-21)8-13-9-14(19-11-18-13)15-16-5-6-17-15/h5-6,9,11-12H,3-4,7-8,10H2,1-2H3,(H,16,17)/t12-/m0/s1. The van der Waals surface area contributed by atoms with Crippen LogP contribution in [0.2, 0.25) is 0 Å². The molecule has 1 aliphatic heterocycles. The summed E-state index contributed by atoms with van der Waals surface area (Å²) in [6.45, 7) is 1.11. The van der Waals surface area contributed by atoms with Crippen LogP contribution in [0.25, 0.3) is 11.5 Å². The highest BCUT2D eigenvalue weighted by Crippen LogP contribution is 2.23. The maximum Gasteiger partial charge on any atom is 0.281 e. The maximum absolute atomic E-state index is 12.3. The lowest BCUT2D eigenvalue weighted by molar-refractivity contribution is 0.253. The Labute approximate surface area is 142 Å². The average Bonchev–Trinajstić information content (AvgIpc) is 3.10. The highest BCUT2D eigenvalue weighted by Gasteiger charge is 2.30. The quantitative estimate of drug-likeness (QED) is 0.865. The first-order valence-electron chi connectivity index (χ1n) is 7.95. The first kappa shape index (κ1) is 17.0. The summed E-state index contributed by atoms with van der Waals surface area (Å²) in [4.78, 5) is 15.8. The van der Waals surface area contributed by atoms with Gasteiger partial charge in [0.05, 0.1) is 0 Å². The summed E-state index contributed by atoms with van der Waals surface area (Å²) in [6.07, 6.45) is 7.57. The van der Waals surface area contributed by atoms with Gasteiger partial charge in [0, 0.05) is 45.3 Å². The van der Waals surface area contributed by atoms with E-state index in [1.54, 1.807) is 30.8 Å². The third-order valence-corrected chi connectivity index (χ3v) is 6.14. The summed E-state index contributed by atoms with van der Waals surface area (Å²) in [5, 5.41) is 0. The highest BCUT2D eigenvalue weighted by atomic mass is 32.2. The van der Waals surface area contributed by atoms with E-state index in [0.717, 1.165) is 30.7 Å². The lowest BCUT2D eigenvalue weighted by Crippen LogP contribution is -2.45. The Kier molecular flexibility index (Phi) is 4.93. The largest absolute Gasteiger partial charge is 0.343 e. The summed E-state index contributed by atoms with van der Waals surface area (Å²) < 4.78 is 27.5. The van der Waals surface area contributed by atoms with Gasteiger partial charge in [0.15, 0.2) is 5.82 Å². The summed E-state index contributed by atoms with van der Waals surface area (Å²) in [6, 6.07) is 1.91. The van der Waals surface area contributed by atoms with E-state index in [-0.39, 0.29) is 5.92 Å². The number of H-pyrrole nitrogens is 1. The molecule has 130 valence electrons. The third-order valence-electron chi connectivity index (χ3n) is 4.23. The Morgan fingerprint density at radius 1 is 1.33 bits per heavy atom. The predicted octanol–water partition coefficient (Wildman–Crippen LogP) is 0.928. The smallest absolute Gasteiger partial charge is 0.281 e. The van der Waals surface area contributed by atoms with Crippen molar-refractivity contribution in [3.05, 3.63) is 30.5 Å². The Hall–Kier alpha value is -1.84. The molecule has 1 saturated heterocycles. The fourth-order valence-electron chi connectivity index (χ4n) is 2.97. The molecule has 0 aromatic carbocycles. The summed E-state index contributed by atoms with van der Waals surface area (Å²) in [5.74, 6) is 0.965. The molecule has 1 N–H and O–H groups in total. The first-order valence-corrected chi connectivity index (χ1v) is 9.35. The molecule has 0 amide bonds. The number of nitrogens with zero attached hydrogens (tertiary/aromatic N) is 5. The number of hydrogen-bond acceptors (Lipinski definition) is 5. The molecule has 0 saturated carbocycles. The van der Waals surface area contributed by atoms with E-state index in [1.807, 2.05) is 6.07 Å². The SMILES string of the molecule is CN(C)S(=O)(=O)N1CCC[C@@H](Cc2cc(-c3ncc[nH]3)ncn2)C1. The Morgan fingerprint density at radius 3 is 2.88 bits per heavy atom. The van der Waals surface area contributed by atoms with Gasteiger partial charge < -0.3 is 4.98 Å². The van der Waals surface area contributed by atoms with Crippen LogP contribution in [0.1, 0.15) is 18.5 Å². The van der Waals surface area contributed by atoms with Crippen LogP contribution in [0.5, 0.6) is 0 Å². The first-order chi connectivity index (χ1) is 11.5. The highest BCUT2D eigenvalue weighted by molar-refractivity contribution is 7.86. The number of rotatable bonds is 5. The third kappa shape index (κ3) is 3.63. The van der Waals surface area contributed by atoms with Crippen molar-refractivity contribution < 1.29 is 8.42 Å². The van der Waals surface area contributed by atoms with Crippen LogP contribution in [0.15, 0.2) is 24.8 Å². The van der Waals surface area contributed by atoms with Gasteiger partial charge in [-0.15, -0.1) is 0 Å². The van der Waals surface area contributed by atoms with Gasteiger partial charge in [0.1, 0.15) is 12.0 Å². The zero-order valence-electron chi connectivity index (χ0n) is 13.9. The van der Waals surface area contributed by atoms with Crippen molar-refractivity contribution in [3.8, 4) is 11.5 Å². The molecule has 0 bridgehead atoms. The normalized spacial score (nSPS) is 19.7. The minimum Gasteiger partial charge on any atom is -0.343 e. The molecule has 3 rings (SSSR count). The number of aromatic amines is 1. The number of nitrogens with one attached hydrogen (secondary N) is 1. The van der Waals surface area contributed by atoms with E-state index in [4.69, 9.17) is 0 Å². The summed E-state index contributed by atoms with van der Waals surface area (Å²) >= 11 is 0. The molecule has 2 aromatic rings. The van der Waals surface area contributed by atoms with E-state index in [1.165, 1.54) is 10.6 Å². The molecule has 0 radical (unpaired) electrons. The fraction of sp³-hybridized carbons (Fsp3) is 0.533. The van der Waals surface area contributed by atoms with E-state index >= 15 is 0 Å². The molecule has 0 spiro atoms. The van der Waals surface area contributed by atoms with Crippen molar-refractivity contribution in [1.29, 1.82) is 0 Å². The van der Waals surface area contributed by atoms with Gasteiger partial charge in [-0.05, 0) is 31.2 Å². The second-order valence-corrected chi connectivity index (χ2v) is 8.34. The second kappa shape index (κ2) is 6.96. The van der Waals surface area contributed by atoms with Crippen molar-refractivity contribution in [1.82, 2.24) is 28.5 Å². The van der Waals surface area contributed by atoms with E-state index in [0.29, 0.717) is 18.9 Å². The number of imidazole rings is 1.